The summed E-state index contributed by atoms with van der Waals surface area (Å²) in [6, 6.07) is 8.91. The third-order valence-corrected chi connectivity index (χ3v) is 4.68. The average molecular weight is 369 g/mol. The van der Waals surface area contributed by atoms with Gasteiger partial charge < -0.3 is 14.7 Å². The summed E-state index contributed by atoms with van der Waals surface area (Å²) in [6.07, 6.45) is 3.55. The van der Waals surface area contributed by atoms with E-state index in [4.69, 9.17) is 4.74 Å². The highest BCUT2D eigenvalue weighted by molar-refractivity contribution is 6.14. The summed E-state index contributed by atoms with van der Waals surface area (Å²) in [7, 11) is 0. The molecular weight excluding hydrogens is 345 g/mol. The zero-order valence-corrected chi connectivity index (χ0v) is 15.7. The van der Waals surface area contributed by atoms with Gasteiger partial charge >= 0.3 is 0 Å². The van der Waals surface area contributed by atoms with Crippen molar-refractivity contribution < 1.29 is 23.9 Å². The predicted molar refractivity (Wildman–Crippen MR) is 100 cm³/mol. The maximum atomic E-state index is 13.4. The Balaban J connectivity index is 1.93. The van der Waals surface area contributed by atoms with Crippen LogP contribution in [0.25, 0.3) is 6.08 Å². The number of quaternary nitrogens is 1. The SMILES string of the molecule is CCC[NH+](CCC)Cc1c([O-])ccc2c1O/C(=C\c1cccc(F)c1)C2=O. The molecule has 1 heterocycles. The van der Waals surface area contributed by atoms with E-state index in [1.807, 2.05) is 0 Å². The Morgan fingerprint density at radius 3 is 2.56 bits per heavy atom. The first-order valence-corrected chi connectivity index (χ1v) is 9.39. The summed E-state index contributed by atoms with van der Waals surface area (Å²) in [5.74, 6) is -0.288. The van der Waals surface area contributed by atoms with Crippen LogP contribution in [0.1, 0.15) is 48.2 Å². The van der Waals surface area contributed by atoms with Crippen molar-refractivity contribution in [1.82, 2.24) is 0 Å². The molecule has 0 amide bonds. The van der Waals surface area contributed by atoms with E-state index in [9.17, 15) is 14.3 Å². The molecule has 0 aliphatic carbocycles. The highest BCUT2D eigenvalue weighted by atomic mass is 19.1. The third-order valence-electron chi connectivity index (χ3n) is 4.68. The fourth-order valence-corrected chi connectivity index (χ4v) is 3.46. The minimum Gasteiger partial charge on any atom is -0.872 e. The molecule has 0 atom stereocenters. The van der Waals surface area contributed by atoms with Crippen molar-refractivity contribution in [3.63, 3.8) is 0 Å². The predicted octanol–water partition coefficient (Wildman–Crippen LogP) is 2.72. The van der Waals surface area contributed by atoms with Crippen molar-refractivity contribution in [2.45, 2.75) is 33.2 Å². The molecule has 0 fully saturated rings. The Morgan fingerprint density at radius 1 is 1.15 bits per heavy atom. The molecule has 0 spiro atoms. The summed E-state index contributed by atoms with van der Waals surface area (Å²) in [5.41, 5.74) is 1.49. The highest BCUT2D eigenvalue weighted by Gasteiger charge is 2.31. The van der Waals surface area contributed by atoms with Gasteiger partial charge in [0.2, 0.25) is 5.78 Å². The van der Waals surface area contributed by atoms with Gasteiger partial charge in [-0.15, -0.1) is 0 Å². The lowest BCUT2D eigenvalue weighted by Gasteiger charge is -2.23. The fraction of sp³-hybridized carbons (Fsp3) is 0.318. The fourth-order valence-electron chi connectivity index (χ4n) is 3.46. The number of nitrogens with one attached hydrogen (secondary N) is 1. The van der Waals surface area contributed by atoms with E-state index in [-0.39, 0.29) is 23.1 Å². The summed E-state index contributed by atoms with van der Waals surface area (Å²) >= 11 is 0. The number of fused-ring (bicyclic) bond motifs is 1. The van der Waals surface area contributed by atoms with Gasteiger partial charge in [-0.25, -0.2) is 4.39 Å². The van der Waals surface area contributed by atoms with Gasteiger partial charge in [-0.2, -0.15) is 0 Å². The molecule has 0 saturated carbocycles. The molecule has 0 saturated heterocycles. The van der Waals surface area contributed by atoms with Crippen molar-refractivity contribution in [3.8, 4) is 11.5 Å². The lowest BCUT2D eigenvalue weighted by atomic mass is 10.0. The lowest BCUT2D eigenvalue weighted by molar-refractivity contribution is -0.914. The summed E-state index contributed by atoms with van der Waals surface area (Å²) < 4.78 is 19.2. The minimum atomic E-state index is -0.381. The average Bonchev–Trinajstić information content (AvgIpc) is 2.94. The lowest BCUT2D eigenvalue weighted by Crippen LogP contribution is -3.10. The molecule has 0 aromatic heterocycles. The number of rotatable bonds is 7. The maximum Gasteiger partial charge on any atom is 0.231 e. The van der Waals surface area contributed by atoms with Crippen molar-refractivity contribution in [1.29, 1.82) is 0 Å². The molecule has 142 valence electrons. The van der Waals surface area contributed by atoms with E-state index < -0.39 is 0 Å². The van der Waals surface area contributed by atoms with Crippen LogP contribution >= 0.6 is 0 Å². The zero-order valence-electron chi connectivity index (χ0n) is 15.7. The Kier molecular flexibility index (Phi) is 5.91. The number of hydrogen-bond acceptors (Lipinski definition) is 3. The molecule has 2 aromatic carbocycles. The summed E-state index contributed by atoms with van der Waals surface area (Å²) in [6.45, 7) is 6.67. The van der Waals surface area contributed by atoms with Gasteiger partial charge in [0, 0.05) is 5.56 Å². The summed E-state index contributed by atoms with van der Waals surface area (Å²) in [4.78, 5) is 14.0. The van der Waals surface area contributed by atoms with Gasteiger partial charge in [0.05, 0.1) is 18.7 Å². The largest absolute Gasteiger partial charge is 0.872 e. The molecular formula is C22H24FNO3. The van der Waals surface area contributed by atoms with Gasteiger partial charge in [-0.3, -0.25) is 4.79 Å². The molecule has 1 aliphatic rings. The van der Waals surface area contributed by atoms with Crippen molar-refractivity contribution in [3.05, 3.63) is 64.7 Å². The molecule has 5 heteroatoms. The van der Waals surface area contributed by atoms with Gasteiger partial charge in [0.25, 0.3) is 0 Å². The molecule has 27 heavy (non-hydrogen) atoms. The summed E-state index contributed by atoms with van der Waals surface area (Å²) in [5, 5.41) is 12.5. The molecule has 0 unspecified atom stereocenters. The second kappa shape index (κ2) is 8.35. The zero-order chi connectivity index (χ0) is 19.4. The normalized spacial score (nSPS) is 14.7. The Morgan fingerprint density at radius 2 is 1.89 bits per heavy atom. The minimum absolute atomic E-state index is 0.113. The second-order valence-electron chi connectivity index (χ2n) is 6.84. The van der Waals surface area contributed by atoms with Gasteiger partial charge in [-0.1, -0.05) is 37.8 Å². The van der Waals surface area contributed by atoms with Crippen LogP contribution in [0.5, 0.6) is 11.5 Å². The number of benzene rings is 2. The number of Topliss-reactive ketones (excluding diaryl/α,β-unsaturated/α-hetero) is 1. The van der Waals surface area contributed by atoms with E-state index in [1.54, 1.807) is 12.1 Å². The molecule has 1 N–H and O–H groups in total. The van der Waals surface area contributed by atoms with Gasteiger partial charge in [0.1, 0.15) is 18.1 Å². The number of hydrogen-bond donors (Lipinski definition) is 1. The Labute approximate surface area is 158 Å². The topological polar surface area (TPSA) is 53.8 Å². The monoisotopic (exact) mass is 369 g/mol. The maximum absolute atomic E-state index is 13.4. The van der Waals surface area contributed by atoms with Crippen molar-refractivity contribution >= 4 is 11.9 Å². The standard InChI is InChI=1S/C22H24FNO3/c1-3-10-24(11-4-2)14-18-19(25)9-8-17-21(26)20(27-22(17)18)13-15-6-5-7-16(23)12-15/h5-9,12-13,25H,3-4,10-11,14H2,1-2H3/b20-13-. The number of allylic oxidation sites excluding steroid dienone is 1. The van der Waals surface area contributed by atoms with Crippen LogP contribution in [0.2, 0.25) is 0 Å². The van der Waals surface area contributed by atoms with Crippen molar-refractivity contribution in [2.75, 3.05) is 13.1 Å². The highest BCUT2D eigenvalue weighted by Crippen LogP contribution is 2.38. The first kappa shape index (κ1) is 19.1. The Bertz CT molecular complexity index is 870. The molecule has 3 rings (SSSR count). The first-order valence-electron chi connectivity index (χ1n) is 9.39. The molecule has 2 aromatic rings. The third kappa shape index (κ3) is 4.19. The van der Waals surface area contributed by atoms with Crippen LogP contribution in [-0.2, 0) is 6.54 Å². The van der Waals surface area contributed by atoms with Gasteiger partial charge in [-0.05, 0) is 42.7 Å². The number of carbonyl (C=O) groups excluding carboxylic acids is 1. The first-order chi connectivity index (χ1) is 13.0. The second-order valence-corrected chi connectivity index (χ2v) is 6.84. The molecule has 4 nitrogen and oxygen atoms in total. The van der Waals surface area contributed by atoms with E-state index in [2.05, 4.69) is 13.8 Å². The van der Waals surface area contributed by atoms with Crippen LogP contribution in [0, 0.1) is 5.82 Å². The van der Waals surface area contributed by atoms with Crippen LogP contribution in [0.4, 0.5) is 4.39 Å². The number of ether oxygens (including phenoxy) is 1. The number of carbonyl (C=O) groups is 1. The number of ketones is 1. The van der Waals surface area contributed by atoms with E-state index in [0.717, 1.165) is 25.9 Å². The van der Waals surface area contributed by atoms with Crippen LogP contribution in [-0.4, -0.2) is 18.9 Å². The smallest absolute Gasteiger partial charge is 0.231 e. The Hall–Kier alpha value is -2.66. The molecule has 0 bridgehead atoms. The van der Waals surface area contributed by atoms with E-state index >= 15 is 0 Å². The van der Waals surface area contributed by atoms with Gasteiger partial charge in [0.15, 0.2) is 5.76 Å². The number of halogens is 1. The van der Waals surface area contributed by atoms with Crippen LogP contribution in [0.3, 0.4) is 0 Å². The molecule has 1 aliphatic heterocycles. The van der Waals surface area contributed by atoms with E-state index in [0.29, 0.717) is 29.0 Å². The quantitative estimate of drug-likeness (QED) is 0.764. The molecule has 0 radical (unpaired) electrons. The van der Waals surface area contributed by atoms with Crippen LogP contribution in [0.15, 0.2) is 42.2 Å². The van der Waals surface area contributed by atoms with Crippen LogP contribution < -0.4 is 14.7 Å². The van der Waals surface area contributed by atoms with Crippen molar-refractivity contribution in [2.24, 2.45) is 0 Å². The van der Waals surface area contributed by atoms with E-state index in [1.165, 1.54) is 35.2 Å².